The van der Waals surface area contributed by atoms with Gasteiger partial charge in [0.15, 0.2) is 0 Å². The standard InChI is InChI=1S/C16H17N3O/c17-7-5-16(14-6-8-20-11-14)13-3-1-12(2-4-13)15-9-18-19-10-15/h1-4,6,8-11,16H,5,7,17H2,(H,18,19). The molecule has 0 spiro atoms. The highest BCUT2D eigenvalue weighted by atomic mass is 16.3. The van der Waals surface area contributed by atoms with Crippen molar-refractivity contribution in [1.82, 2.24) is 10.2 Å². The largest absolute Gasteiger partial charge is 0.472 e. The minimum absolute atomic E-state index is 0.289. The number of benzene rings is 1. The number of nitrogens with zero attached hydrogens (tertiary/aromatic N) is 1. The van der Waals surface area contributed by atoms with E-state index in [4.69, 9.17) is 10.2 Å². The maximum absolute atomic E-state index is 5.74. The zero-order valence-electron chi connectivity index (χ0n) is 11.1. The SMILES string of the molecule is NCCC(c1ccc(-c2cn[nH]c2)cc1)c1ccoc1. The molecule has 20 heavy (non-hydrogen) atoms. The molecule has 0 fully saturated rings. The molecule has 0 saturated carbocycles. The third-order valence-corrected chi connectivity index (χ3v) is 3.55. The van der Waals surface area contributed by atoms with Gasteiger partial charge in [-0.3, -0.25) is 5.10 Å². The predicted molar refractivity (Wildman–Crippen MR) is 78.2 cm³/mol. The topological polar surface area (TPSA) is 67.8 Å². The van der Waals surface area contributed by atoms with Crippen LogP contribution in [0, 0.1) is 0 Å². The first-order valence-electron chi connectivity index (χ1n) is 6.70. The van der Waals surface area contributed by atoms with Gasteiger partial charge in [0.25, 0.3) is 0 Å². The molecule has 102 valence electrons. The summed E-state index contributed by atoms with van der Waals surface area (Å²) in [7, 11) is 0. The number of nitrogens with two attached hydrogens (primary N) is 1. The lowest BCUT2D eigenvalue weighted by molar-refractivity contribution is 0.560. The van der Waals surface area contributed by atoms with Crippen LogP contribution in [-0.4, -0.2) is 16.7 Å². The maximum Gasteiger partial charge on any atom is 0.0940 e. The summed E-state index contributed by atoms with van der Waals surface area (Å²) < 4.78 is 5.19. The first kappa shape index (κ1) is 12.7. The Kier molecular flexibility index (Phi) is 3.65. The highest BCUT2D eigenvalue weighted by Crippen LogP contribution is 2.29. The van der Waals surface area contributed by atoms with Crippen molar-refractivity contribution in [3.63, 3.8) is 0 Å². The zero-order valence-corrected chi connectivity index (χ0v) is 11.1. The fraction of sp³-hybridized carbons (Fsp3) is 0.188. The molecule has 2 aromatic heterocycles. The second kappa shape index (κ2) is 5.75. The molecule has 0 amide bonds. The number of aromatic nitrogens is 2. The summed E-state index contributed by atoms with van der Waals surface area (Å²) in [6.45, 7) is 0.652. The summed E-state index contributed by atoms with van der Waals surface area (Å²) in [5.74, 6) is 0.289. The Morgan fingerprint density at radius 3 is 2.55 bits per heavy atom. The van der Waals surface area contributed by atoms with Gasteiger partial charge >= 0.3 is 0 Å². The van der Waals surface area contributed by atoms with Crippen molar-refractivity contribution in [3.05, 3.63) is 66.4 Å². The minimum atomic E-state index is 0.289. The summed E-state index contributed by atoms with van der Waals surface area (Å²) >= 11 is 0. The van der Waals surface area contributed by atoms with Crippen LogP contribution < -0.4 is 5.73 Å². The van der Waals surface area contributed by atoms with Gasteiger partial charge in [0.1, 0.15) is 0 Å². The Balaban J connectivity index is 1.89. The molecule has 4 heteroatoms. The third-order valence-electron chi connectivity index (χ3n) is 3.55. The highest BCUT2D eigenvalue weighted by Gasteiger charge is 2.14. The van der Waals surface area contributed by atoms with Crippen molar-refractivity contribution < 1.29 is 4.42 Å². The Morgan fingerprint density at radius 2 is 1.95 bits per heavy atom. The van der Waals surface area contributed by atoms with Crippen LogP contribution in [0.25, 0.3) is 11.1 Å². The van der Waals surface area contributed by atoms with Crippen LogP contribution in [0.1, 0.15) is 23.5 Å². The fourth-order valence-electron chi connectivity index (χ4n) is 2.48. The van der Waals surface area contributed by atoms with Crippen LogP contribution in [0.3, 0.4) is 0 Å². The van der Waals surface area contributed by atoms with E-state index in [1.165, 1.54) is 11.1 Å². The number of rotatable bonds is 5. The molecular formula is C16H17N3O. The van der Waals surface area contributed by atoms with E-state index in [9.17, 15) is 0 Å². The Labute approximate surface area is 117 Å². The molecule has 0 radical (unpaired) electrons. The molecule has 0 bridgehead atoms. The molecule has 1 unspecified atom stereocenters. The maximum atomic E-state index is 5.74. The van der Waals surface area contributed by atoms with Gasteiger partial charge in [0, 0.05) is 17.7 Å². The number of hydrogen-bond donors (Lipinski definition) is 2. The molecule has 1 atom stereocenters. The molecule has 3 aromatic rings. The molecule has 3 rings (SSSR count). The summed E-state index contributed by atoms with van der Waals surface area (Å²) in [6.07, 6.45) is 8.12. The first-order valence-corrected chi connectivity index (χ1v) is 6.70. The zero-order chi connectivity index (χ0) is 13.8. The van der Waals surface area contributed by atoms with Crippen LogP contribution in [0.4, 0.5) is 0 Å². The lowest BCUT2D eigenvalue weighted by atomic mass is 9.89. The number of hydrogen-bond acceptors (Lipinski definition) is 3. The molecule has 1 aromatic carbocycles. The average Bonchev–Trinajstić information content (AvgIpc) is 3.18. The van der Waals surface area contributed by atoms with Crippen molar-refractivity contribution >= 4 is 0 Å². The van der Waals surface area contributed by atoms with E-state index in [1.54, 1.807) is 12.5 Å². The Morgan fingerprint density at radius 1 is 1.10 bits per heavy atom. The van der Waals surface area contributed by atoms with Crippen molar-refractivity contribution in [1.29, 1.82) is 0 Å². The molecule has 0 aliphatic carbocycles. The smallest absolute Gasteiger partial charge is 0.0940 e. The minimum Gasteiger partial charge on any atom is -0.472 e. The van der Waals surface area contributed by atoms with E-state index in [0.717, 1.165) is 17.5 Å². The van der Waals surface area contributed by atoms with E-state index in [0.29, 0.717) is 6.54 Å². The van der Waals surface area contributed by atoms with E-state index in [-0.39, 0.29) is 5.92 Å². The molecule has 0 saturated heterocycles. The Hall–Kier alpha value is -2.33. The third kappa shape index (κ3) is 2.51. The molecular weight excluding hydrogens is 250 g/mol. The quantitative estimate of drug-likeness (QED) is 0.746. The van der Waals surface area contributed by atoms with Gasteiger partial charge in [0.05, 0.1) is 18.7 Å². The van der Waals surface area contributed by atoms with E-state index in [1.807, 2.05) is 18.5 Å². The molecule has 0 aliphatic heterocycles. The second-order valence-electron chi connectivity index (χ2n) is 4.80. The first-order chi connectivity index (χ1) is 9.88. The Bertz CT molecular complexity index is 627. The van der Waals surface area contributed by atoms with E-state index < -0.39 is 0 Å². The van der Waals surface area contributed by atoms with Crippen molar-refractivity contribution in [2.45, 2.75) is 12.3 Å². The van der Waals surface area contributed by atoms with Crippen LogP contribution in [0.5, 0.6) is 0 Å². The summed E-state index contributed by atoms with van der Waals surface area (Å²) in [5.41, 5.74) is 10.4. The number of nitrogens with one attached hydrogen (secondary N) is 1. The van der Waals surface area contributed by atoms with Gasteiger partial charge in [-0.1, -0.05) is 24.3 Å². The van der Waals surface area contributed by atoms with Crippen LogP contribution in [0.2, 0.25) is 0 Å². The van der Waals surface area contributed by atoms with Crippen LogP contribution in [0.15, 0.2) is 59.7 Å². The predicted octanol–water partition coefficient (Wildman–Crippen LogP) is 3.15. The van der Waals surface area contributed by atoms with Crippen molar-refractivity contribution in [2.75, 3.05) is 6.54 Å². The average molecular weight is 267 g/mol. The summed E-state index contributed by atoms with van der Waals surface area (Å²) in [6, 6.07) is 10.5. The summed E-state index contributed by atoms with van der Waals surface area (Å²) in [5, 5.41) is 6.80. The van der Waals surface area contributed by atoms with Crippen molar-refractivity contribution in [3.8, 4) is 11.1 Å². The summed E-state index contributed by atoms with van der Waals surface area (Å²) in [4.78, 5) is 0. The number of aromatic amines is 1. The molecule has 4 nitrogen and oxygen atoms in total. The van der Waals surface area contributed by atoms with Gasteiger partial charge in [-0.05, 0) is 35.7 Å². The fourth-order valence-corrected chi connectivity index (χ4v) is 2.48. The lowest BCUT2D eigenvalue weighted by Crippen LogP contribution is -2.08. The number of H-pyrrole nitrogens is 1. The van der Waals surface area contributed by atoms with E-state index >= 15 is 0 Å². The van der Waals surface area contributed by atoms with Crippen LogP contribution >= 0.6 is 0 Å². The van der Waals surface area contributed by atoms with E-state index in [2.05, 4.69) is 34.5 Å². The van der Waals surface area contributed by atoms with Gasteiger partial charge in [-0.15, -0.1) is 0 Å². The molecule has 3 N–H and O–H groups in total. The second-order valence-corrected chi connectivity index (χ2v) is 4.80. The molecule has 0 aliphatic rings. The number of furan rings is 1. The highest BCUT2D eigenvalue weighted by molar-refractivity contribution is 5.62. The van der Waals surface area contributed by atoms with Crippen LogP contribution in [-0.2, 0) is 0 Å². The van der Waals surface area contributed by atoms with Gasteiger partial charge < -0.3 is 10.2 Å². The normalized spacial score (nSPS) is 12.4. The van der Waals surface area contributed by atoms with Gasteiger partial charge in [-0.2, -0.15) is 5.10 Å². The van der Waals surface area contributed by atoms with Crippen molar-refractivity contribution in [2.24, 2.45) is 5.73 Å². The molecule has 2 heterocycles. The van der Waals surface area contributed by atoms with Gasteiger partial charge in [0.2, 0.25) is 0 Å². The van der Waals surface area contributed by atoms with Gasteiger partial charge in [-0.25, -0.2) is 0 Å². The monoisotopic (exact) mass is 267 g/mol. The lowest BCUT2D eigenvalue weighted by Gasteiger charge is -2.15.